The summed E-state index contributed by atoms with van der Waals surface area (Å²) < 4.78 is 1.87. The van der Waals surface area contributed by atoms with Gasteiger partial charge in [0, 0.05) is 36.6 Å². The lowest BCUT2D eigenvalue weighted by Crippen LogP contribution is -2.40. The highest BCUT2D eigenvalue weighted by Gasteiger charge is 2.32. The van der Waals surface area contributed by atoms with Gasteiger partial charge in [-0.1, -0.05) is 0 Å². The van der Waals surface area contributed by atoms with E-state index in [2.05, 4.69) is 15.0 Å². The molecule has 1 saturated carbocycles. The van der Waals surface area contributed by atoms with E-state index < -0.39 is 6.09 Å². The summed E-state index contributed by atoms with van der Waals surface area (Å²) in [5.74, 6) is 0.249. The zero-order valence-electron chi connectivity index (χ0n) is 14.2. The van der Waals surface area contributed by atoms with Crippen molar-refractivity contribution >= 4 is 28.2 Å². The van der Waals surface area contributed by atoms with Gasteiger partial charge < -0.3 is 19.6 Å². The molecule has 134 valence electrons. The highest BCUT2D eigenvalue weighted by atomic mass is 16.4. The molecule has 0 aromatic carbocycles. The van der Waals surface area contributed by atoms with Crippen molar-refractivity contribution in [1.82, 2.24) is 24.4 Å². The largest absolute Gasteiger partial charge is 0.465 e. The number of hydrogen-bond donors (Lipinski definition) is 2. The van der Waals surface area contributed by atoms with E-state index in [4.69, 9.17) is 0 Å². The number of carbonyl (C=O) groups is 1. The number of nitrogens with zero attached hydrogens (tertiary/aromatic N) is 4. The second-order valence-corrected chi connectivity index (χ2v) is 7.18. The third-order valence-corrected chi connectivity index (χ3v) is 5.52. The number of aromatic amines is 1. The predicted octanol–water partition coefficient (Wildman–Crippen LogP) is 2.47. The quantitative estimate of drug-likeness (QED) is 0.736. The van der Waals surface area contributed by atoms with Gasteiger partial charge in [0.05, 0.1) is 11.7 Å². The first kappa shape index (κ1) is 15.4. The average Bonchev–Trinajstić information content (AvgIpc) is 3.37. The second-order valence-electron chi connectivity index (χ2n) is 7.18. The standard InChI is InChI=1S/C18H19N5O3/c24-17-14(10-1-2-10)21-13-9-20-16-12(3-6-19-16)15(13)23(17)11-4-7-22(8-5-11)18(25)26/h3,6,9-11H,1-2,4-5,7-8H2,(H,19,20)(H,25,26). The molecule has 3 aromatic heterocycles. The van der Waals surface area contributed by atoms with E-state index in [1.54, 1.807) is 6.20 Å². The lowest BCUT2D eigenvalue weighted by Gasteiger charge is -2.32. The number of hydrogen-bond acceptors (Lipinski definition) is 4. The molecular weight excluding hydrogens is 334 g/mol. The number of fused-ring (bicyclic) bond motifs is 3. The van der Waals surface area contributed by atoms with E-state index in [1.165, 1.54) is 4.90 Å². The smallest absolute Gasteiger partial charge is 0.407 e. The fourth-order valence-electron chi connectivity index (χ4n) is 4.01. The van der Waals surface area contributed by atoms with Crippen LogP contribution >= 0.6 is 0 Å². The van der Waals surface area contributed by atoms with Gasteiger partial charge in [-0.25, -0.2) is 14.8 Å². The first-order chi connectivity index (χ1) is 12.6. The van der Waals surface area contributed by atoms with E-state index in [0.717, 1.165) is 34.9 Å². The topological polar surface area (TPSA) is 104 Å². The number of rotatable bonds is 2. The van der Waals surface area contributed by atoms with Crippen LogP contribution in [0.1, 0.15) is 43.3 Å². The van der Waals surface area contributed by atoms with Gasteiger partial charge >= 0.3 is 6.09 Å². The molecule has 26 heavy (non-hydrogen) atoms. The Bertz CT molecular complexity index is 1070. The Balaban J connectivity index is 1.71. The maximum atomic E-state index is 13.3. The molecule has 0 atom stereocenters. The lowest BCUT2D eigenvalue weighted by molar-refractivity contribution is 0.125. The Kier molecular flexibility index (Phi) is 3.28. The van der Waals surface area contributed by atoms with Gasteiger partial charge in [-0.15, -0.1) is 0 Å². The predicted molar refractivity (Wildman–Crippen MR) is 95.5 cm³/mol. The zero-order valence-corrected chi connectivity index (χ0v) is 14.2. The maximum Gasteiger partial charge on any atom is 0.407 e. The number of H-pyrrole nitrogens is 1. The SMILES string of the molecule is O=C(O)N1CCC(n2c(=O)c(C3CC3)nc3cnc4[nH]ccc4c32)CC1. The van der Waals surface area contributed by atoms with E-state index >= 15 is 0 Å². The van der Waals surface area contributed by atoms with Crippen LogP contribution in [0.3, 0.4) is 0 Å². The second kappa shape index (κ2) is 5.55. The van der Waals surface area contributed by atoms with Gasteiger partial charge in [0.1, 0.15) is 16.9 Å². The number of carboxylic acid groups (broad SMARTS) is 1. The minimum absolute atomic E-state index is 0.0255. The fourth-order valence-corrected chi connectivity index (χ4v) is 4.01. The molecule has 0 radical (unpaired) electrons. The number of amides is 1. The minimum Gasteiger partial charge on any atom is -0.465 e. The highest BCUT2D eigenvalue weighted by Crippen LogP contribution is 2.39. The van der Waals surface area contributed by atoms with E-state index in [1.807, 2.05) is 16.8 Å². The number of likely N-dealkylation sites (tertiary alicyclic amines) is 1. The van der Waals surface area contributed by atoms with Gasteiger partial charge in [0.25, 0.3) is 5.56 Å². The Morgan fingerprint density at radius 1 is 1.23 bits per heavy atom. The summed E-state index contributed by atoms with van der Waals surface area (Å²) in [6.45, 7) is 0.882. The molecule has 8 nitrogen and oxygen atoms in total. The average molecular weight is 353 g/mol. The molecule has 5 rings (SSSR count). The molecule has 2 fully saturated rings. The molecule has 1 saturated heterocycles. The van der Waals surface area contributed by atoms with Crippen molar-refractivity contribution in [3.8, 4) is 0 Å². The summed E-state index contributed by atoms with van der Waals surface area (Å²) in [7, 11) is 0. The van der Waals surface area contributed by atoms with Crippen molar-refractivity contribution in [3.63, 3.8) is 0 Å². The van der Waals surface area contributed by atoms with Crippen LogP contribution in [0.5, 0.6) is 0 Å². The Morgan fingerprint density at radius 3 is 2.69 bits per heavy atom. The summed E-state index contributed by atoms with van der Waals surface area (Å²) in [6.07, 6.45) is 5.91. The minimum atomic E-state index is -0.897. The van der Waals surface area contributed by atoms with Crippen LogP contribution in [0.2, 0.25) is 0 Å². The molecule has 0 unspecified atom stereocenters. The summed E-state index contributed by atoms with van der Waals surface area (Å²) in [4.78, 5) is 38.1. The molecule has 2 N–H and O–H groups in total. The third kappa shape index (κ3) is 2.28. The molecule has 3 aromatic rings. The van der Waals surface area contributed by atoms with Crippen LogP contribution < -0.4 is 5.56 Å². The van der Waals surface area contributed by atoms with Gasteiger partial charge in [-0.3, -0.25) is 4.79 Å². The van der Waals surface area contributed by atoms with Crippen molar-refractivity contribution in [1.29, 1.82) is 0 Å². The molecule has 8 heteroatoms. The molecule has 0 spiro atoms. The normalized spacial score (nSPS) is 18.7. The summed E-state index contributed by atoms with van der Waals surface area (Å²) in [5, 5.41) is 10.1. The molecule has 1 aliphatic carbocycles. The van der Waals surface area contributed by atoms with Crippen LogP contribution in [0.25, 0.3) is 22.1 Å². The highest BCUT2D eigenvalue weighted by molar-refractivity contribution is 6.00. The van der Waals surface area contributed by atoms with E-state index in [0.29, 0.717) is 31.6 Å². The van der Waals surface area contributed by atoms with Crippen molar-refractivity contribution in [2.45, 2.75) is 37.6 Å². The van der Waals surface area contributed by atoms with Crippen LogP contribution in [0.4, 0.5) is 4.79 Å². The number of pyridine rings is 1. The van der Waals surface area contributed by atoms with Crippen LogP contribution in [0.15, 0.2) is 23.3 Å². The Hall–Kier alpha value is -2.90. The monoisotopic (exact) mass is 353 g/mol. The Labute approximate surface area is 148 Å². The van der Waals surface area contributed by atoms with Crippen molar-refractivity contribution in [3.05, 3.63) is 34.5 Å². The fraction of sp³-hybridized carbons (Fsp3) is 0.444. The summed E-state index contributed by atoms with van der Waals surface area (Å²) >= 11 is 0. The molecule has 1 aliphatic heterocycles. The number of aromatic nitrogens is 4. The van der Waals surface area contributed by atoms with Crippen LogP contribution in [-0.2, 0) is 0 Å². The lowest BCUT2D eigenvalue weighted by atomic mass is 10.0. The summed E-state index contributed by atoms with van der Waals surface area (Å²) in [6, 6.07) is 1.90. The van der Waals surface area contributed by atoms with Crippen molar-refractivity contribution < 1.29 is 9.90 Å². The molecule has 0 bridgehead atoms. The van der Waals surface area contributed by atoms with Crippen molar-refractivity contribution in [2.75, 3.05) is 13.1 Å². The van der Waals surface area contributed by atoms with Gasteiger partial charge in [-0.05, 0) is 31.7 Å². The van der Waals surface area contributed by atoms with Crippen LogP contribution in [0, 0.1) is 0 Å². The number of nitrogens with one attached hydrogen (secondary N) is 1. The molecular formula is C18H19N5O3. The van der Waals surface area contributed by atoms with E-state index in [-0.39, 0.29) is 17.5 Å². The first-order valence-electron chi connectivity index (χ1n) is 8.99. The molecule has 4 heterocycles. The molecule has 2 aliphatic rings. The van der Waals surface area contributed by atoms with E-state index in [9.17, 15) is 14.7 Å². The van der Waals surface area contributed by atoms with Crippen molar-refractivity contribution in [2.24, 2.45) is 0 Å². The Morgan fingerprint density at radius 2 is 2.00 bits per heavy atom. The third-order valence-electron chi connectivity index (χ3n) is 5.52. The van der Waals surface area contributed by atoms with Gasteiger partial charge in [0.15, 0.2) is 0 Å². The zero-order chi connectivity index (χ0) is 17.8. The van der Waals surface area contributed by atoms with Gasteiger partial charge in [0.2, 0.25) is 0 Å². The summed E-state index contributed by atoms with van der Waals surface area (Å²) in [5.41, 5.74) is 2.88. The number of piperidine rings is 1. The first-order valence-corrected chi connectivity index (χ1v) is 8.99. The van der Waals surface area contributed by atoms with Gasteiger partial charge in [-0.2, -0.15) is 0 Å². The van der Waals surface area contributed by atoms with Crippen LogP contribution in [-0.4, -0.2) is 48.7 Å². The maximum absolute atomic E-state index is 13.3. The molecule has 1 amide bonds.